The number of thiocarbonyl (C=S) groups is 1. The van der Waals surface area contributed by atoms with Gasteiger partial charge in [-0.2, -0.15) is 5.10 Å². The van der Waals surface area contributed by atoms with Crippen LogP contribution in [0.15, 0.2) is 58.1 Å². The van der Waals surface area contributed by atoms with Crippen LogP contribution in [0.1, 0.15) is 5.56 Å². The van der Waals surface area contributed by atoms with E-state index in [0.29, 0.717) is 10.1 Å². The van der Waals surface area contributed by atoms with E-state index in [1.165, 1.54) is 0 Å². The molecule has 102 valence electrons. The molecule has 0 spiro atoms. The maximum absolute atomic E-state index is 5.89. The lowest BCUT2D eigenvalue weighted by atomic mass is 10.2. The van der Waals surface area contributed by atoms with Crippen LogP contribution in [0.25, 0.3) is 0 Å². The Hall–Kier alpha value is -1.43. The summed E-state index contributed by atoms with van der Waals surface area (Å²) in [4.78, 5) is 0. The van der Waals surface area contributed by atoms with Crippen molar-refractivity contribution in [2.45, 2.75) is 0 Å². The first-order chi connectivity index (χ1) is 9.63. The molecule has 0 aliphatic rings. The summed E-state index contributed by atoms with van der Waals surface area (Å²) >= 11 is 14.4. The van der Waals surface area contributed by atoms with E-state index >= 15 is 0 Å². The Labute approximate surface area is 136 Å². The second-order valence-corrected chi connectivity index (χ2v) is 5.65. The van der Waals surface area contributed by atoms with E-state index in [1.54, 1.807) is 18.3 Å². The lowest BCUT2D eigenvalue weighted by Gasteiger charge is -2.06. The van der Waals surface area contributed by atoms with E-state index in [0.717, 1.165) is 15.7 Å². The molecular weight excluding hydrogens is 358 g/mol. The molecule has 3 nitrogen and oxygen atoms in total. The number of halogens is 2. The highest BCUT2D eigenvalue weighted by molar-refractivity contribution is 9.10. The Morgan fingerprint density at radius 2 is 2.00 bits per heavy atom. The zero-order valence-corrected chi connectivity index (χ0v) is 13.5. The van der Waals surface area contributed by atoms with Crippen molar-refractivity contribution in [3.05, 3.63) is 63.6 Å². The maximum Gasteiger partial charge on any atom is 0.191 e. The quantitative estimate of drug-likeness (QED) is 0.478. The topological polar surface area (TPSA) is 36.4 Å². The van der Waals surface area contributed by atoms with Gasteiger partial charge in [-0.15, -0.1) is 0 Å². The van der Waals surface area contributed by atoms with Gasteiger partial charge >= 0.3 is 0 Å². The van der Waals surface area contributed by atoms with Crippen molar-refractivity contribution in [2.75, 3.05) is 5.32 Å². The third kappa shape index (κ3) is 4.92. The molecule has 0 saturated carbocycles. The van der Waals surface area contributed by atoms with Gasteiger partial charge in [0.2, 0.25) is 0 Å². The number of hydrogen-bond donors (Lipinski definition) is 2. The first-order valence-corrected chi connectivity index (χ1v) is 7.32. The van der Waals surface area contributed by atoms with Crippen molar-refractivity contribution >= 4 is 56.8 Å². The second kappa shape index (κ2) is 7.38. The van der Waals surface area contributed by atoms with Gasteiger partial charge in [0, 0.05) is 15.2 Å². The van der Waals surface area contributed by atoms with Crippen molar-refractivity contribution in [1.82, 2.24) is 5.43 Å². The summed E-state index contributed by atoms with van der Waals surface area (Å²) in [5.74, 6) is 0. The van der Waals surface area contributed by atoms with Crippen LogP contribution in [-0.4, -0.2) is 11.3 Å². The lowest BCUT2D eigenvalue weighted by molar-refractivity contribution is 1.05. The molecule has 2 rings (SSSR count). The van der Waals surface area contributed by atoms with E-state index < -0.39 is 0 Å². The fourth-order valence-corrected chi connectivity index (χ4v) is 2.26. The van der Waals surface area contributed by atoms with Gasteiger partial charge in [0.15, 0.2) is 5.11 Å². The van der Waals surface area contributed by atoms with Crippen LogP contribution in [0.3, 0.4) is 0 Å². The zero-order valence-electron chi connectivity index (χ0n) is 10.3. The molecule has 0 heterocycles. The Kier molecular flexibility index (Phi) is 5.52. The average molecular weight is 369 g/mol. The predicted molar refractivity (Wildman–Crippen MR) is 92.5 cm³/mol. The van der Waals surface area contributed by atoms with Crippen LogP contribution in [0.5, 0.6) is 0 Å². The molecule has 2 aromatic carbocycles. The highest BCUT2D eigenvalue weighted by Gasteiger charge is 1.96. The Balaban J connectivity index is 1.89. The van der Waals surface area contributed by atoms with Gasteiger partial charge < -0.3 is 5.32 Å². The lowest BCUT2D eigenvalue weighted by Crippen LogP contribution is -2.23. The highest BCUT2D eigenvalue weighted by Crippen LogP contribution is 2.14. The molecule has 0 bridgehead atoms. The summed E-state index contributed by atoms with van der Waals surface area (Å²) < 4.78 is 1.00. The summed E-state index contributed by atoms with van der Waals surface area (Å²) in [5, 5.41) is 8.11. The first-order valence-electron chi connectivity index (χ1n) is 5.75. The zero-order chi connectivity index (χ0) is 14.4. The fourth-order valence-electron chi connectivity index (χ4n) is 1.48. The molecule has 0 unspecified atom stereocenters. The van der Waals surface area contributed by atoms with Crippen LogP contribution < -0.4 is 10.7 Å². The molecule has 0 aliphatic heterocycles. The fraction of sp³-hybridized carbons (Fsp3) is 0. The number of benzene rings is 2. The van der Waals surface area contributed by atoms with E-state index in [4.69, 9.17) is 23.8 Å². The SMILES string of the molecule is S=C(NN=Cc1cccc(Br)c1)Nc1cccc(Cl)c1. The Bertz CT molecular complexity index is 646. The largest absolute Gasteiger partial charge is 0.331 e. The van der Waals surface area contributed by atoms with E-state index in [9.17, 15) is 0 Å². The molecule has 0 radical (unpaired) electrons. The van der Waals surface area contributed by atoms with Crippen molar-refractivity contribution in [2.24, 2.45) is 5.10 Å². The average Bonchev–Trinajstić information content (AvgIpc) is 2.38. The summed E-state index contributed by atoms with van der Waals surface area (Å²) in [6, 6.07) is 15.1. The van der Waals surface area contributed by atoms with E-state index in [-0.39, 0.29) is 0 Å². The molecule has 6 heteroatoms. The van der Waals surface area contributed by atoms with Crippen molar-refractivity contribution in [3.8, 4) is 0 Å². The molecule has 2 N–H and O–H groups in total. The summed E-state index contributed by atoms with van der Waals surface area (Å²) in [6.07, 6.45) is 1.69. The third-order valence-electron chi connectivity index (χ3n) is 2.31. The monoisotopic (exact) mass is 367 g/mol. The van der Waals surface area contributed by atoms with Gasteiger partial charge in [0.1, 0.15) is 0 Å². The minimum atomic E-state index is 0.401. The number of anilines is 1. The first kappa shape index (κ1) is 15.0. The number of nitrogens with zero attached hydrogens (tertiary/aromatic N) is 1. The molecule has 2 aromatic rings. The number of hydrogen-bond acceptors (Lipinski definition) is 2. The second-order valence-electron chi connectivity index (χ2n) is 3.89. The van der Waals surface area contributed by atoms with Crippen molar-refractivity contribution in [3.63, 3.8) is 0 Å². The van der Waals surface area contributed by atoms with Crippen LogP contribution in [0, 0.1) is 0 Å². The molecule has 0 aliphatic carbocycles. The van der Waals surface area contributed by atoms with E-state index in [2.05, 4.69) is 31.8 Å². The van der Waals surface area contributed by atoms with Gasteiger partial charge in [0.05, 0.1) is 6.21 Å². The minimum Gasteiger partial charge on any atom is -0.331 e. The molecule has 0 saturated heterocycles. The summed E-state index contributed by atoms with van der Waals surface area (Å²) in [6.45, 7) is 0. The van der Waals surface area contributed by atoms with Crippen molar-refractivity contribution < 1.29 is 0 Å². The summed E-state index contributed by atoms with van der Waals surface area (Å²) in [5.41, 5.74) is 4.53. The van der Waals surface area contributed by atoms with Crippen molar-refractivity contribution in [1.29, 1.82) is 0 Å². The van der Waals surface area contributed by atoms with E-state index in [1.807, 2.05) is 36.4 Å². The normalized spacial score (nSPS) is 10.5. The van der Waals surface area contributed by atoms with Gasteiger partial charge in [-0.25, -0.2) is 0 Å². The van der Waals surface area contributed by atoms with Gasteiger partial charge in [0.25, 0.3) is 0 Å². The minimum absolute atomic E-state index is 0.401. The van der Waals surface area contributed by atoms with Crippen LogP contribution in [0.4, 0.5) is 5.69 Å². The van der Waals surface area contributed by atoms with Crippen LogP contribution >= 0.6 is 39.7 Å². The summed E-state index contributed by atoms with van der Waals surface area (Å²) in [7, 11) is 0. The molecular formula is C14H11BrClN3S. The smallest absolute Gasteiger partial charge is 0.191 e. The Morgan fingerprint density at radius 3 is 2.75 bits per heavy atom. The highest BCUT2D eigenvalue weighted by atomic mass is 79.9. The molecule has 20 heavy (non-hydrogen) atoms. The van der Waals surface area contributed by atoms with Crippen LogP contribution in [-0.2, 0) is 0 Å². The predicted octanol–water partition coefficient (Wildman–Crippen LogP) is 4.42. The standard InChI is InChI=1S/C14H11BrClN3S/c15-11-4-1-3-10(7-11)9-17-19-14(20)18-13-6-2-5-12(16)8-13/h1-9H,(H2,18,19,20). The molecule has 0 amide bonds. The van der Waals surface area contributed by atoms with Gasteiger partial charge in [-0.1, -0.05) is 45.7 Å². The molecule has 0 atom stereocenters. The molecule has 0 aromatic heterocycles. The van der Waals surface area contributed by atoms with Gasteiger partial charge in [-0.05, 0) is 48.1 Å². The number of nitrogens with one attached hydrogen (secondary N) is 2. The number of hydrazone groups is 1. The molecule has 0 fully saturated rings. The van der Waals surface area contributed by atoms with Crippen LogP contribution in [0.2, 0.25) is 5.02 Å². The van der Waals surface area contributed by atoms with Gasteiger partial charge in [-0.3, -0.25) is 5.43 Å². The Morgan fingerprint density at radius 1 is 1.20 bits per heavy atom. The maximum atomic E-state index is 5.89. The number of rotatable bonds is 3. The third-order valence-corrected chi connectivity index (χ3v) is 3.23.